The molecule has 5 heterocycles. The molecular formula is C29H50O25. The van der Waals surface area contributed by atoms with Crippen LogP contribution in [0.25, 0.3) is 0 Å². The van der Waals surface area contributed by atoms with Gasteiger partial charge in [0.1, 0.15) is 116 Å². The van der Waals surface area contributed by atoms with E-state index in [9.17, 15) is 81.7 Å². The molecule has 0 radical (unpaired) electrons. The van der Waals surface area contributed by atoms with Crippen LogP contribution >= 0.6 is 0 Å². The second-order valence-electron chi connectivity index (χ2n) is 13.5. The van der Waals surface area contributed by atoms with E-state index in [0.29, 0.717) is 0 Å². The van der Waals surface area contributed by atoms with Crippen molar-refractivity contribution in [1.82, 2.24) is 0 Å². The fourth-order valence-corrected chi connectivity index (χ4v) is 6.75. The number of hydrogen-bond acceptors (Lipinski definition) is 25. The topological polar surface area (TPSA) is 407 Å². The van der Waals surface area contributed by atoms with Gasteiger partial charge in [-0.15, -0.1) is 0 Å². The molecule has 24 atom stereocenters. The Bertz CT molecular complexity index is 1150. The van der Waals surface area contributed by atoms with E-state index in [-0.39, 0.29) is 0 Å². The van der Waals surface area contributed by atoms with E-state index >= 15 is 0 Å². The van der Waals surface area contributed by atoms with Crippen molar-refractivity contribution in [1.29, 1.82) is 0 Å². The molecule has 25 nitrogen and oxygen atoms in total. The number of ether oxygens (including phenoxy) is 9. The summed E-state index contributed by atoms with van der Waals surface area (Å²) in [6.45, 7) is -4.07. The third-order valence-electron chi connectivity index (χ3n) is 9.92. The van der Waals surface area contributed by atoms with Crippen LogP contribution in [0.2, 0.25) is 0 Å². The molecule has 5 aliphatic heterocycles. The van der Waals surface area contributed by atoms with E-state index in [1.54, 1.807) is 0 Å². The maximum Gasteiger partial charge on any atom is 0.187 e. The molecule has 0 aromatic rings. The van der Waals surface area contributed by atoms with Crippen LogP contribution in [0.15, 0.2) is 0 Å². The quantitative estimate of drug-likeness (QED) is 0.0871. The van der Waals surface area contributed by atoms with Gasteiger partial charge in [0.2, 0.25) is 0 Å². The summed E-state index contributed by atoms with van der Waals surface area (Å²) in [7, 11) is 0. The van der Waals surface area contributed by atoms with E-state index < -0.39 is 180 Å². The van der Waals surface area contributed by atoms with Gasteiger partial charge in [-0.1, -0.05) is 0 Å². The lowest BCUT2D eigenvalue weighted by atomic mass is 9.95. The lowest BCUT2D eigenvalue weighted by Crippen LogP contribution is -2.67. The van der Waals surface area contributed by atoms with Gasteiger partial charge in [0.05, 0.1) is 33.0 Å². The second kappa shape index (κ2) is 18.7. The van der Waals surface area contributed by atoms with Crippen LogP contribution in [0.1, 0.15) is 0 Å². The molecule has 5 fully saturated rings. The minimum atomic E-state index is -2.09. The second-order valence-corrected chi connectivity index (χ2v) is 13.5. The van der Waals surface area contributed by atoms with Gasteiger partial charge < -0.3 is 124 Å². The molecule has 5 rings (SSSR count). The zero-order valence-corrected chi connectivity index (χ0v) is 28.2. The van der Waals surface area contributed by atoms with Crippen LogP contribution < -0.4 is 0 Å². The third kappa shape index (κ3) is 8.85. The summed E-state index contributed by atoms with van der Waals surface area (Å²) in [6.07, 6.45) is -43.0. The van der Waals surface area contributed by atoms with E-state index in [4.69, 9.17) is 42.6 Å². The summed E-state index contributed by atoms with van der Waals surface area (Å²) in [5, 5.41) is 165. The molecule has 54 heavy (non-hydrogen) atoms. The maximum absolute atomic E-state index is 11.1. The Morgan fingerprint density at radius 2 is 0.648 bits per heavy atom. The Morgan fingerprint density at radius 1 is 0.352 bits per heavy atom. The minimum absolute atomic E-state index is 0.464. The Labute approximate surface area is 305 Å². The van der Waals surface area contributed by atoms with Gasteiger partial charge in [0, 0.05) is 0 Å². The molecule has 16 N–H and O–H groups in total. The van der Waals surface area contributed by atoms with Crippen molar-refractivity contribution in [2.45, 2.75) is 147 Å². The zero-order chi connectivity index (χ0) is 39.8. The van der Waals surface area contributed by atoms with Crippen LogP contribution in [-0.2, 0) is 42.6 Å². The minimum Gasteiger partial charge on any atom is -0.394 e. The molecule has 5 saturated heterocycles. The van der Waals surface area contributed by atoms with Gasteiger partial charge in [-0.25, -0.2) is 0 Å². The normalized spacial score (nSPS) is 53.3. The number of aliphatic hydroxyl groups excluding tert-OH is 16. The van der Waals surface area contributed by atoms with Crippen molar-refractivity contribution in [2.24, 2.45) is 0 Å². The highest BCUT2D eigenvalue weighted by atomic mass is 16.8. The number of hydrogen-bond donors (Lipinski definition) is 16. The lowest BCUT2D eigenvalue weighted by Gasteiger charge is -2.49. The summed E-state index contributed by atoms with van der Waals surface area (Å²) in [4.78, 5) is 0. The largest absolute Gasteiger partial charge is 0.394 e. The molecule has 0 aromatic heterocycles. The summed E-state index contributed by atoms with van der Waals surface area (Å²) in [5.41, 5.74) is 0. The molecule has 0 amide bonds. The fourth-order valence-electron chi connectivity index (χ4n) is 6.75. The zero-order valence-electron chi connectivity index (χ0n) is 28.2. The molecule has 25 heteroatoms. The Kier molecular flexibility index (Phi) is 15.3. The van der Waals surface area contributed by atoms with Gasteiger partial charge >= 0.3 is 0 Å². The van der Waals surface area contributed by atoms with Gasteiger partial charge in [0.15, 0.2) is 31.5 Å². The van der Waals surface area contributed by atoms with E-state index in [2.05, 4.69) is 0 Å². The molecule has 0 aromatic carbocycles. The van der Waals surface area contributed by atoms with Gasteiger partial charge in [-0.2, -0.15) is 0 Å². The maximum atomic E-state index is 11.1. The highest BCUT2D eigenvalue weighted by molar-refractivity contribution is 4.98. The predicted molar refractivity (Wildman–Crippen MR) is 161 cm³/mol. The van der Waals surface area contributed by atoms with Crippen molar-refractivity contribution in [3.63, 3.8) is 0 Å². The highest BCUT2D eigenvalue weighted by Crippen LogP contribution is 2.35. The molecule has 316 valence electrons. The molecule has 0 aliphatic carbocycles. The molecule has 0 bridgehead atoms. The van der Waals surface area contributed by atoms with Gasteiger partial charge in [-0.3, -0.25) is 0 Å². The molecule has 1 unspecified atom stereocenters. The van der Waals surface area contributed by atoms with Crippen LogP contribution in [-0.4, -0.2) is 262 Å². The van der Waals surface area contributed by atoms with Crippen LogP contribution in [0.3, 0.4) is 0 Å². The fraction of sp³-hybridized carbons (Fsp3) is 1.00. The standard InChI is InChI=1S/C29H50O25/c30-1-7-21(12(36)16(40)25(45)47-7)52-27-19(43)14(38)23(9(3-32)49-27)54-29-20(44)15(39)24(10(4-33)50-29)53-28-18(42)13(37)22(8(2-31)48-28)51-26-17(41)11(35)6(34)5-46-26/h6-45H,1-5H2/t6-,7-,8-,9-,10-,11+,12-,13-,14-,15-,16-,17-,18-,19-,20-,21-,22-,23-,24-,25?,26-,27-,28-,29-/m1/s1. The monoisotopic (exact) mass is 798 g/mol. The van der Waals surface area contributed by atoms with Crippen LogP contribution in [0, 0.1) is 0 Å². The average Bonchev–Trinajstić information content (AvgIpc) is 3.16. The van der Waals surface area contributed by atoms with E-state index in [1.807, 2.05) is 0 Å². The van der Waals surface area contributed by atoms with Crippen LogP contribution in [0.4, 0.5) is 0 Å². The van der Waals surface area contributed by atoms with Crippen molar-refractivity contribution in [3.05, 3.63) is 0 Å². The first-order valence-electron chi connectivity index (χ1n) is 17.0. The predicted octanol–water partition coefficient (Wildman–Crippen LogP) is -11.3. The molecule has 0 spiro atoms. The van der Waals surface area contributed by atoms with Crippen LogP contribution in [0.5, 0.6) is 0 Å². The SMILES string of the molecule is OC[C@H]1O[C@H](O[C@H]2[C@H](O)[C@@H](O)[C@@H](O[C@H]3[C@H](O)[C@@H](O)C(O)O[C@@H]3CO)O[C@@H]2CO)[C@H](O)[C@@H](O)[C@@H]1O[C@H]1O[C@H](CO)[C@@H](O[C@H]2OC[C@@H](O)[C@H](O)[C@H]2O)[C@H](O)[C@H]1O. The Balaban J connectivity index is 1.22. The first kappa shape index (κ1) is 44.1. The molecule has 0 saturated carbocycles. The lowest BCUT2D eigenvalue weighted by molar-refractivity contribution is -0.391. The number of rotatable bonds is 12. The highest BCUT2D eigenvalue weighted by Gasteiger charge is 2.56. The Hall–Kier alpha value is -1.00. The van der Waals surface area contributed by atoms with Crippen molar-refractivity contribution in [2.75, 3.05) is 33.0 Å². The summed E-state index contributed by atoms with van der Waals surface area (Å²) < 4.78 is 48.9. The summed E-state index contributed by atoms with van der Waals surface area (Å²) >= 11 is 0. The first-order valence-corrected chi connectivity index (χ1v) is 17.0. The summed E-state index contributed by atoms with van der Waals surface area (Å²) in [5.74, 6) is 0. The third-order valence-corrected chi connectivity index (χ3v) is 9.92. The van der Waals surface area contributed by atoms with Gasteiger partial charge in [0.25, 0.3) is 0 Å². The van der Waals surface area contributed by atoms with Crippen molar-refractivity contribution < 1.29 is 124 Å². The Morgan fingerprint density at radius 3 is 1.00 bits per heavy atom. The van der Waals surface area contributed by atoms with Crippen molar-refractivity contribution >= 4 is 0 Å². The summed E-state index contributed by atoms with van der Waals surface area (Å²) in [6, 6.07) is 0. The molecular weight excluding hydrogens is 748 g/mol. The average molecular weight is 799 g/mol. The smallest absolute Gasteiger partial charge is 0.187 e. The van der Waals surface area contributed by atoms with E-state index in [1.165, 1.54) is 0 Å². The van der Waals surface area contributed by atoms with Crippen molar-refractivity contribution in [3.8, 4) is 0 Å². The van der Waals surface area contributed by atoms with E-state index in [0.717, 1.165) is 0 Å². The van der Waals surface area contributed by atoms with Gasteiger partial charge in [-0.05, 0) is 0 Å². The first-order chi connectivity index (χ1) is 25.6. The number of aliphatic hydroxyl groups is 16. The molecule has 5 aliphatic rings.